The Morgan fingerprint density at radius 2 is 1.52 bits per heavy atom. The van der Waals surface area contributed by atoms with Crippen LogP contribution < -0.4 is 14.8 Å². The van der Waals surface area contributed by atoms with Crippen molar-refractivity contribution in [2.45, 2.75) is 0 Å². The summed E-state index contributed by atoms with van der Waals surface area (Å²) in [5.74, 6) is 0.493. The van der Waals surface area contributed by atoms with Gasteiger partial charge in [-0.15, -0.1) is 0 Å². The predicted octanol–water partition coefficient (Wildman–Crippen LogP) is 2.50. The SMILES string of the molecule is COC(=O)COc1ccc(C(=O)Nc2ccc(OC)cc2)cc1. The number of methoxy groups -OCH3 is 2. The summed E-state index contributed by atoms with van der Waals surface area (Å²) in [6.45, 7) is -0.173. The van der Waals surface area contributed by atoms with Crippen LogP contribution in [-0.4, -0.2) is 32.7 Å². The van der Waals surface area contributed by atoms with Gasteiger partial charge >= 0.3 is 5.97 Å². The first-order valence-corrected chi connectivity index (χ1v) is 6.87. The van der Waals surface area contributed by atoms with Gasteiger partial charge in [-0.2, -0.15) is 0 Å². The highest BCUT2D eigenvalue weighted by Crippen LogP contribution is 2.17. The Morgan fingerprint density at radius 1 is 0.913 bits per heavy atom. The quantitative estimate of drug-likeness (QED) is 0.829. The Bertz CT molecular complexity index is 664. The van der Waals surface area contributed by atoms with Crippen LogP contribution in [0.25, 0.3) is 0 Å². The van der Waals surface area contributed by atoms with Crippen molar-refractivity contribution >= 4 is 17.6 Å². The molecule has 0 saturated heterocycles. The normalized spacial score (nSPS) is 9.83. The molecule has 6 heteroatoms. The average molecular weight is 315 g/mol. The Morgan fingerprint density at radius 3 is 2.09 bits per heavy atom. The van der Waals surface area contributed by atoms with Crippen LogP contribution >= 0.6 is 0 Å². The van der Waals surface area contributed by atoms with Crippen LogP contribution in [0.1, 0.15) is 10.4 Å². The number of carbonyl (C=O) groups excluding carboxylic acids is 2. The molecular weight excluding hydrogens is 298 g/mol. The summed E-state index contributed by atoms with van der Waals surface area (Å²) in [5.41, 5.74) is 1.15. The first kappa shape index (κ1) is 16.4. The van der Waals surface area contributed by atoms with Gasteiger partial charge in [0, 0.05) is 11.3 Å². The maximum atomic E-state index is 12.1. The fourth-order valence-corrected chi connectivity index (χ4v) is 1.78. The summed E-state index contributed by atoms with van der Waals surface area (Å²) in [6.07, 6.45) is 0. The lowest BCUT2D eigenvalue weighted by Crippen LogP contribution is -2.13. The second kappa shape index (κ2) is 7.84. The summed E-state index contributed by atoms with van der Waals surface area (Å²) in [4.78, 5) is 23.1. The van der Waals surface area contributed by atoms with Crippen molar-refractivity contribution in [1.82, 2.24) is 0 Å². The monoisotopic (exact) mass is 315 g/mol. The zero-order valence-electron chi connectivity index (χ0n) is 12.9. The average Bonchev–Trinajstić information content (AvgIpc) is 2.60. The van der Waals surface area contributed by atoms with Crippen molar-refractivity contribution in [3.05, 3.63) is 54.1 Å². The molecule has 0 aromatic heterocycles. The third-order valence-electron chi connectivity index (χ3n) is 3.05. The van der Waals surface area contributed by atoms with Crippen LogP contribution in [0, 0.1) is 0 Å². The number of carbonyl (C=O) groups is 2. The van der Waals surface area contributed by atoms with Gasteiger partial charge in [-0.25, -0.2) is 4.79 Å². The molecule has 0 bridgehead atoms. The van der Waals surface area contributed by atoms with Crippen molar-refractivity contribution in [3.8, 4) is 11.5 Å². The van der Waals surface area contributed by atoms with Crippen molar-refractivity contribution < 1.29 is 23.8 Å². The topological polar surface area (TPSA) is 73.9 Å². The highest BCUT2D eigenvalue weighted by Gasteiger charge is 2.07. The van der Waals surface area contributed by atoms with Gasteiger partial charge in [0.05, 0.1) is 14.2 Å². The van der Waals surface area contributed by atoms with E-state index in [1.165, 1.54) is 7.11 Å². The molecule has 0 aliphatic rings. The first-order chi connectivity index (χ1) is 11.1. The lowest BCUT2D eigenvalue weighted by atomic mass is 10.2. The van der Waals surface area contributed by atoms with E-state index in [0.29, 0.717) is 17.0 Å². The number of hydrogen-bond donors (Lipinski definition) is 1. The van der Waals surface area contributed by atoms with Crippen LogP contribution in [0.15, 0.2) is 48.5 Å². The number of rotatable bonds is 6. The second-order valence-corrected chi connectivity index (χ2v) is 4.57. The van der Waals surface area contributed by atoms with Gasteiger partial charge in [0.1, 0.15) is 11.5 Å². The van der Waals surface area contributed by atoms with Crippen LogP contribution in [0.5, 0.6) is 11.5 Å². The molecule has 0 radical (unpaired) electrons. The summed E-state index contributed by atoms with van der Waals surface area (Å²) in [6, 6.07) is 13.5. The van der Waals surface area contributed by atoms with Crippen LogP contribution in [0.3, 0.4) is 0 Å². The van der Waals surface area contributed by atoms with Gasteiger partial charge in [-0.05, 0) is 48.5 Å². The maximum absolute atomic E-state index is 12.1. The molecule has 6 nitrogen and oxygen atoms in total. The number of amides is 1. The zero-order valence-corrected chi connectivity index (χ0v) is 12.9. The molecule has 0 atom stereocenters. The highest BCUT2D eigenvalue weighted by atomic mass is 16.6. The van der Waals surface area contributed by atoms with Crippen molar-refractivity contribution in [2.75, 3.05) is 26.1 Å². The van der Waals surface area contributed by atoms with Crippen molar-refractivity contribution in [2.24, 2.45) is 0 Å². The summed E-state index contributed by atoms with van der Waals surface area (Å²) in [7, 11) is 2.87. The molecule has 2 aromatic rings. The van der Waals surface area contributed by atoms with Gasteiger partial charge in [0.2, 0.25) is 0 Å². The highest BCUT2D eigenvalue weighted by molar-refractivity contribution is 6.04. The van der Waals surface area contributed by atoms with Crippen LogP contribution in [0.4, 0.5) is 5.69 Å². The minimum atomic E-state index is -0.466. The number of esters is 1. The number of nitrogens with one attached hydrogen (secondary N) is 1. The van der Waals surface area contributed by atoms with E-state index in [0.717, 1.165) is 5.75 Å². The van der Waals surface area contributed by atoms with Crippen LogP contribution in [-0.2, 0) is 9.53 Å². The number of benzene rings is 2. The largest absolute Gasteiger partial charge is 0.497 e. The maximum Gasteiger partial charge on any atom is 0.343 e. The Labute approximate surface area is 134 Å². The number of ether oxygens (including phenoxy) is 3. The molecule has 0 fully saturated rings. The fourth-order valence-electron chi connectivity index (χ4n) is 1.78. The molecule has 2 rings (SSSR count). The van der Waals surface area contributed by atoms with E-state index in [1.807, 2.05) is 0 Å². The molecular formula is C17H17NO5. The van der Waals surface area contributed by atoms with Crippen molar-refractivity contribution in [1.29, 1.82) is 0 Å². The van der Waals surface area contributed by atoms with E-state index in [-0.39, 0.29) is 12.5 Å². The Balaban J connectivity index is 1.95. The van der Waals surface area contributed by atoms with E-state index in [2.05, 4.69) is 10.1 Å². The molecule has 1 amide bonds. The van der Waals surface area contributed by atoms with E-state index in [1.54, 1.807) is 55.6 Å². The summed E-state index contributed by atoms with van der Waals surface area (Å²) >= 11 is 0. The zero-order chi connectivity index (χ0) is 16.7. The molecule has 2 aromatic carbocycles. The number of hydrogen-bond acceptors (Lipinski definition) is 5. The van der Waals surface area contributed by atoms with Gasteiger partial charge < -0.3 is 19.5 Å². The van der Waals surface area contributed by atoms with Crippen molar-refractivity contribution in [3.63, 3.8) is 0 Å². The van der Waals surface area contributed by atoms with E-state index in [4.69, 9.17) is 9.47 Å². The predicted molar refractivity (Wildman–Crippen MR) is 84.9 cm³/mol. The molecule has 23 heavy (non-hydrogen) atoms. The second-order valence-electron chi connectivity index (χ2n) is 4.57. The standard InChI is InChI=1S/C17H17NO5/c1-21-14-9-5-13(6-10-14)18-17(20)12-3-7-15(8-4-12)23-11-16(19)22-2/h3-10H,11H2,1-2H3,(H,18,20). The van der Waals surface area contributed by atoms with Gasteiger partial charge in [-0.3, -0.25) is 4.79 Å². The third kappa shape index (κ3) is 4.74. The molecule has 0 heterocycles. The Kier molecular flexibility index (Phi) is 5.57. The third-order valence-corrected chi connectivity index (χ3v) is 3.05. The fraction of sp³-hybridized carbons (Fsp3) is 0.176. The molecule has 0 aliphatic heterocycles. The first-order valence-electron chi connectivity index (χ1n) is 6.87. The molecule has 120 valence electrons. The number of anilines is 1. The van der Waals surface area contributed by atoms with E-state index < -0.39 is 5.97 Å². The summed E-state index contributed by atoms with van der Waals surface area (Å²) < 4.78 is 14.8. The molecule has 1 N–H and O–H groups in total. The van der Waals surface area contributed by atoms with E-state index in [9.17, 15) is 9.59 Å². The summed E-state index contributed by atoms with van der Waals surface area (Å²) in [5, 5.41) is 2.78. The van der Waals surface area contributed by atoms with E-state index >= 15 is 0 Å². The minimum Gasteiger partial charge on any atom is -0.497 e. The lowest BCUT2D eigenvalue weighted by Gasteiger charge is -2.08. The Hall–Kier alpha value is -3.02. The smallest absolute Gasteiger partial charge is 0.343 e. The molecule has 0 spiro atoms. The molecule has 0 saturated carbocycles. The minimum absolute atomic E-state index is 0.173. The van der Waals surface area contributed by atoms with Crippen LogP contribution in [0.2, 0.25) is 0 Å². The molecule has 0 unspecified atom stereocenters. The van der Waals surface area contributed by atoms with Gasteiger partial charge in [0.15, 0.2) is 6.61 Å². The molecule has 0 aliphatic carbocycles. The van der Waals surface area contributed by atoms with Gasteiger partial charge in [-0.1, -0.05) is 0 Å². The lowest BCUT2D eigenvalue weighted by molar-refractivity contribution is -0.142. The van der Waals surface area contributed by atoms with Gasteiger partial charge in [0.25, 0.3) is 5.91 Å².